The van der Waals surface area contributed by atoms with Crippen LogP contribution in [0.25, 0.3) is 0 Å². The standard InChI is InChI=1S/C9H14O3/c1-6(5-10)7-2-3-8(4-7)9(11)12/h5-8H,2-4H2,1H3,(H,11,12). The number of aliphatic carboxylic acids is 1. The third-order valence-corrected chi connectivity index (χ3v) is 2.78. The minimum absolute atomic E-state index is 0.0225. The second kappa shape index (κ2) is 3.70. The molecule has 0 radical (unpaired) electrons. The molecule has 0 spiro atoms. The van der Waals surface area contributed by atoms with E-state index in [1.807, 2.05) is 6.92 Å². The second-order valence-electron chi connectivity index (χ2n) is 3.60. The van der Waals surface area contributed by atoms with E-state index in [-0.39, 0.29) is 11.8 Å². The Morgan fingerprint density at radius 2 is 2.25 bits per heavy atom. The molecule has 0 saturated heterocycles. The smallest absolute Gasteiger partial charge is 0.306 e. The first-order chi connectivity index (χ1) is 5.65. The van der Waals surface area contributed by atoms with E-state index in [1.54, 1.807) is 0 Å². The third kappa shape index (κ3) is 1.84. The predicted molar refractivity (Wildman–Crippen MR) is 43.7 cm³/mol. The van der Waals surface area contributed by atoms with Gasteiger partial charge in [0.1, 0.15) is 6.29 Å². The summed E-state index contributed by atoms with van der Waals surface area (Å²) in [5, 5.41) is 8.70. The number of carboxylic acids is 1. The average molecular weight is 170 g/mol. The molecule has 1 saturated carbocycles. The van der Waals surface area contributed by atoms with E-state index >= 15 is 0 Å². The van der Waals surface area contributed by atoms with Crippen LogP contribution in [-0.4, -0.2) is 17.4 Å². The maximum atomic E-state index is 10.6. The highest BCUT2D eigenvalue weighted by molar-refractivity contribution is 5.70. The van der Waals surface area contributed by atoms with E-state index in [2.05, 4.69) is 0 Å². The first-order valence-electron chi connectivity index (χ1n) is 4.33. The van der Waals surface area contributed by atoms with Crippen molar-refractivity contribution in [2.45, 2.75) is 26.2 Å². The lowest BCUT2D eigenvalue weighted by Crippen LogP contribution is -2.13. The SMILES string of the molecule is CC(C=O)C1CCC(C(=O)O)C1. The molecule has 1 N–H and O–H groups in total. The predicted octanol–water partition coefficient (Wildman–Crippen LogP) is 1.32. The molecular formula is C9H14O3. The van der Waals surface area contributed by atoms with Gasteiger partial charge in [-0.1, -0.05) is 6.92 Å². The molecule has 1 aliphatic carbocycles. The molecular weight excluding hydrogens is 156 g/mol. The third-order valence-electron chi connectivity index (χ3n) is 2.78. The van der Waals surface area contributed by atoms with Crippen molar-refractivity contribution in [1.82, 2.24) is 0 Å². The van der Waals surface area contributed by atoms with Crippen molar-refractivity contribution in [3.05, 3.63) is 0 Å². The lowest BCUT2D eigenvalue weighted by atomic mass is 9.93. The second-order valence-corrected chi connectivity index (χ2v) is 3.60. The number of carboxylic acid groups (broad SMARTS) is 1. The van der Waals surface area contributed by atoms with Gasteiger partial charge in [0, 0.05) is 5.92 Å². The van der Waals surface area contributed by atoms with Crippen molar-refractivity contribution in [3.63, 3.8) is 0 Å². The molecule has 68 valence electrons. The molecule has 3 heteroatoms. The largest absolute Gasteiger partial charge is 0.481 e. The maximum Gasteiger partial charge on any atom is 0.306 e. The summed E-state index contributed by atoms with van der Waals surface area (Å²) in [7, 11) is 0. The van der Waals surface area contributed by atoms with E-state index < -0.39 is 5.97 Å². The van der Waals surface area contributed by atoms with Gasteiger partial charge in [-0.2, -0.15) is 0 Å². The fourth-order valence-electron chi connectivity index (χ4n) is 1.83. The van der Waals surface area contributed by atoms with Crippen LogP contribution in [0.1, 0.15) is 26.2 Å². The van der Waals surface area contributed by atoms with Gasteiger partial charge < -0.3 is 9.90 Å². The number of rotatable bonds is 3. The molecule has 0 aromatic heterocycles. The van der Waals surface area contributed by atoms with Crippen LogP contribution in [0.2, 0.25) is 0 Å². The number of carbonyl (C=O) groups is 2. The van der Waals surface area contributed by atoms with E-state index in [0.29, 0.717) is 12.3 Å². The lowest BCUT2D eigenvalue weighted by Gasteiger charge is -2.11. The van der Waals surface area contributed by atoms with Gasteiger partial charge in [-0.15, -0.1) is 0 Å². The number of carbonyl (C=O) groups excluding carboxylic acids is 1. The Hall–Kier alpha value is -0.860. The number of hydrogen-bond donors (Lipinski definition) is 1. The van der Waals surface area contributed by atoms with Gasteiger partial charge >= 0.3 is 5.97 Å². The van der Waals surface area contributed by atoms with Crippen molar-refractivity contribution >= 4 is 12.3 Å². The van der Waals surface area contributed by atoms with Crippen LogP contribution < -0.4 is 0 Å². The Balaban J connectivity index is 2.45. The van der Waals surface area contributed by atoms with Crippen LogP contribution in [0.4, 0.5) is 0 Å². The van der Waals surface area contributed by atoms with E-state index in [0.717, 1.165) is 19.1 Å². The summed E-state index contributed by atoms with van der Waals surface area (Å²) in [6.45, 7) is 1.86. The summed E-state index contributed by atoms with van der Waals surface area (Å²) in [4.78, 5) is 21.0. The number of hydrogen-bond acceptors (Lipinski definition) is 2. The Bertz CT molecular complexity index is 188. The molecule has 3 atom stereocenters. The van der Waals surface area contributed by atoms with E-state index in [9.17, 15) is 9.59 Å². The maximum absolute atomic E-state index is 10.6. The fourth-order valence-corrected chi connectivity index (χ4v) is 1.83. The van der Waals surface area contributed by atoms with Gasteiger partial charge in [-0.25, -0.2) is 0 Å². The summed E-state index contributed by atoms with van der Waals surface area (Å²) in [6, 6.07) is 0. The van der Waals surface area contributed by atoms with Gasteiger partial charge in [0.25, 0.3) is 0 Å². The van der Waals surface area contributed by atoms with Crippen LogP contribution in [0, 0.1) is 17.8 Å². The van der Waals surface area contributed by atoms with Gasteiger partial charge in [0.05, 0.1) is 5.92 Å². The van der Waals surface area contributed by atoms with Gasteiger partial charge in [0.2, 0.25) is 0 Å². The molecule has 0 bridgehead atoms. The molecule has 0 aliphatic heterocycles. The molecule has 1 fully saturated rings. The summed E-state index contributed by atoms with van der Waals surface area (Å²) < 4.78 is 0. The van der Waals surface area contributed by atoms with Crippen LogP contribution >= 0.6 is 0 Å². The molecule has 0 aromatic rings. The normalized spacial score (nSPS) is 31.4. The van der Waals surface area contributed by atoms with Gasteiger partial charge in [-0.05, 0) is 25.2 Å². The lowest BCUT2D eigenvalue weighted by molar-refractivity contribution is -0.141. The van der Waals surface area contributed by atoms with Gasteiger partial charge in [-0.3, -0.25) is 4.79 Å². The van der Waals surface area contributed by atoms with Crippen LogP contribution in [0.3, 0.4) is 0 Å². The van der Waals surface area contributed by atoms with Crippen molar-refractivity contribution in [2.75, 3.05) is 0 Å². The van der Waals surface area contributed by atoms with Crippen LogP contribution in [0.5, 0.6) is 0 Å². The molecule has 0 amide bonds. The summed E-state index contributed by atoms with van der Waals surface area (Å²) in [5.41, 5.74) is 0. The Labute approximate surface area is 71.8 Å². The quantitative estimate of drug-likeness (QED) is 0.650. The van der Waals surface area contributed by atoms with Crippen LogP contribution in [0.15, 0.2) is 0 Å². The monoisotopic (exact) mass is 170 g/mol. The highest BCUT2D eigenvalue weighted by Gasteiger charge is 2.32. The van der Waals surface area contributed by atoms with E-state index in [4.69, 9.17) is 5.11 Å². The molecule has 1 aliphatic rings. The summed E-state index contributed by atoms with van der Waals surface area (Å²) >= 11 is 0. The first kappa shape index (κ1) is 9.23. The minimum atomic E-state index is -0.712. The highest BCUT2D eigenvalue weighted by atomic mass is 16.4. The summed E-state index contributed by atoms with van der Waals surface area (Å²) in [6.07, 6.45) is 3.22. The van der Waals surface area contributed by atoms with Gasteiger partial charge in [0.15, 0.2) is 0 Å². The molecule has 0 heterocycles. The van der Waals surface area contributed by atoms with Crippen molar-refractivity contribution in [2.24, 2.45) is 17.8 Å². The fraction of sp³-hybridized carbons (Fsp3) is 0.778. The molecule has 3 nitrogen and oxygen atoms in total. The minimum Gasteiger partial charge on any atom is -0.481 e. The molecule has 0 aromatic carbocycles. The zero-order chi connectivity index (χ0) is 9.14. The van der Waals surface area contributed by atoms with E-state index in [1.165, 1.54) is 0 Å². The average Bonchev–Trinajstić information content (AvgIpc) is 2.51. The van der Waals surface area contributed by atoms with Crippen LogP contribution in [-0.2, 0) is 9.59 Å². The molecule has 3 unspecified atom stereocenters. The zero-order valence-corrected chi connectivity index (χ0v) is 7.19. The Morgan fingerprint density at radius 1 is 1.58 bits per heavy atom. The van der Waals surface area contributed by atoms with Crippen molar-refractivity contribution in [1.29, 1.82) is 0 Å². The topological polar surface area (TPSA) is 54.4 Å². The molecule has 1 rings (SSSR count). The Morgan fingerprint density at radius 3 is 2.67 bits per heavy atom. The highest BCUT2D eigenvalue weighted by Crippen LogP contribution is 2.34. The zero-order valence-electron chi connectivity index (χ0n) is 7.19. The van der Waals surface area contributed by atoms with Crippen molar-refractivity contribution in [3.8, 4) is 0 Å². The Kier molecular flexibility index (Phi) is 2.84. The summed E-state index contributed by atoms with van der Waals surface area (Å²) in [5.74, 6) is -0.606. The number of aldehydes is 1. The first-order valence-corrected chi connectivity index (χ1v) is 4.33. The van der Waals surface area contributed by atoms with Crippen molar-refractivity contribution < 1.29 is 14.7 Å². The molecule has 12 heavy (non-hydrogen) atoms.